The van der Waals surface area contributed by atoms with Gasteiger partial charge in [0.25, 0.3) is 5.91 Å². The summed E-state index contributed by atoms with van der Waals surface area (Å²) in [5.41, 5.74) is 3.49. The highest BCUT2D eigenvalue weighted by Crippen LogP contribution is 2.22. The van der Waals surface area contributed by atoms with Crippen molar-refractivity contribution < 1.29 is 14.3 Å². The zero-order chi connectivity index (χ0) is 22.8. The van der Waals surface area contributed by atoms with Gasteiger partial charge in [0.1, 0.15) is 5.82 Å². The van der Waals surface area contributed by atoms with Crippen LogP contribution in [0.3, 0.4) is 0 Å². The molecule has 5 aromatic rings. The first-order valence-electron chi connectivity index (χ1n) is 10.4. The van der Waals surface area contributed by atoms with E-state index < -0.39 is 11.7 Å². The summed E-state index contributed by atoms with van der Waals surface area (Å²) in [7, 11) is 0. The summed E-state index contributed by atoms with van der Waals surface area (Å²) in [5.74, 6) is -0.600. The first kappa shape index (κ1) is 20.7. The van der Waals surface area contributed by atoms with Crippen molar-refractivity contribution in [1.29, 1.82) is 0 Å². The zero-order valence-corrected chi connectivity index (χ0v) is 17.4. The van der Waals surface area contributed by atoms with Crippen molar-refractivity contribution in [2.75, 3.05) is 13.2 Å². The molecule has 0 aliphatic carbocycles. The molecule has 0 saturated carbocycles. The lowest BCUT2D eigenvalue weighted by molar-refractivity contribution is 0.0940. The number of benzene rings is 2. The van der Waals surface area contributed by atoms with Gasteiger partial charge in [-0.2, -0.15) is 9.61 Å². The summed E-state index contributed by atoms with van der Waals surface area (Å²) in [6.07, 6.45) is 2.27. The molecular formula is C24H19FN6O2. The number of aromatic nitrogens is 5. The van der Waals surface area contributed by atoms with Crippen LogP contribution in [0.1, 0.15) is 21.7 Å². The minimum absolute atomic E-state index is 0.0579. The molecule has 33 heavy (non-hydrogen) atoms. The van der Waals surface area contributed by atoms with Crippen molar-refractivity contribution in [1.82, 2.24) is 30.1 Å². The van der Waals surface area contributed by atoms with Crippen molar-refractivity contribution >= 4 is 22.5 Å². The van der Waals surface area contributed by atoms with Gasteiger partial charge in [-0.15, -0.1) is 10.2 Å². The average molecular weight is 442 g/mol. The van der Waals surface area contributed by atoms with E-state index in [-0.39, 0.29) is 18.7 Å². The monoisotopic (exact) mass is 442 g/mol. The minimum atomic E-state index is -0.668. The Morgan fingerprint density at radius 1 is 1.06 bits per heavy atom. The first-order valence-corrected chi connectivity index (χ1v) is 10.4. The second kappa shape index (κ2) is 8.71. The number of hydrogen-bond donors (Lipinski definition) is 2. The van der Waals surface area contributed by atoms with Crippen LogP contribution in [0.2, 0.25) is 0 Å². The summed E-state index contributed by atoms with van der Waals surface area (Å²) in [4.78, 5) is 16.4. The molecule has 0 bridgehead atoms. The van der Waals surface area contributed by atoms with Gasteiger partial charge in [0.2, 0.25) is 0 Å². The molecule has 8 nitrogen and oxygen atoms in total. The second-order valence-electron chi connectivity index (χ2n) is 7.49. The maximum atomic E-state index is 14.6. The highest BCUT2D eigenvalue weighted by atomic mass is 19.1. The normalized spacial score (nSPS) is 11.2. The quantitative estimate of drug-likeness (QED) is 0.419. The SMILES string of the molecule is O=C(NCCO)c1ccc(-c2ccc3nnc(Cc4ccc5ncccc5c4)n3n2)cc1F. The number of nitrogens with zero attached hydrogens (tertiary/aromatic N) is 5. The number of rotatable bonds is 6. The number of carbonyl (C=O) groups is 1. The van der Waals surface area contributed by atoms with E-state index in [9.17, 15) is 9.18 Å². The third kappa shape index (κ3) is 4.13. The van der Waals surface area contributed by atoms with Crippen molar-refractivity contribution in [2.24, 2.45) is 0 Å². The number of pyridine rings is 1. The fourth-order valence-corrected chi connectivity index (χ4v) is 3.64. The molecule has 2 aromatic carbocycles. The summed E-state index contributed by atoms with van der Waals surface area (Å²) < 4.78 is 16.2. The Hall–Kier alpha value is -4.24. The summed E-state index contributed by atoms with van der Waals surface area (Å²) in [6.45, 7) is -0.158. The van der Waals surface area contributed by atoms with Gasteiger partial charge in [-0.1, -0.05) is 18.2 Å². The largest absolute Gasteiger partial charge is 0.395 e. The molecule has 164 valence electrons. The van der Waals surface area contributed by atoms with Gasteiger partial charge in [0.05, 0.1) is 23.4 Å². The van der Waals surface area contributed by atoms with Crippen molar-refractivity contribution in [3.8, 4) is 11.3 Å². The fraction of sp³-hybridized carbons (Fsp3) is 0.125. The lowest BCUT2D eigenvalue weighted by Gasteiger charge is -2.07. The van der Waals surface area contributed by atoms with Gasteiger partial charge in [-0.3, -0.25) is 9.78 Å². The van der Waals surface area contributed by atoms with Crippen LogP contribution < -0.4 is 5.32 Å². The van der Waals surface area contributed by atoms with E-state index in [2.05, 4.69) is 31.7 Å². The van der Waals surface area contributed by atoms with Gasteiger partial charge in [0, 0.05) is 30.1 Å². The molecule has 0 atom stereocenters. The number of nitrogens with one attached hydrogen (secondary N) is 1. The molecule has 1 amide bonds. The molecule has 0 aliphatic heterocycles. The van der Waals surface area contributed by atoms with E-state index in [4.69, 9.17) is 5.11 Å². The predicted molar refractivity (Wildman–Crippen MR) is 120 cm³/mol. The third-order valence-electron chi connectivity index (χ3n) is 5.26. The lowest BCUT2D eigenvalue weighted by atomic mass is 10.1. The molecule has 0 fully saturated rings. The second-order valence-corrected chi connectivity index (χ2v) is 7.49. The Kier molecular flexibility index (Phi) is 5.45. The van der Waals surface area contributed by atoms with E-state index in [1.807, 2.05) is 24.3 Å². The summed E-state index contributed by atoms with van der Waals surface area (Å²) in [6, 6.07) is 17.7. The maximum Gasteiger partial charge on any atom is 0.254 e. The number of carbonyl (C=O) groups excluding carboxylic acids is 1. The Balaban J connectivity index is 1.45. The molecular weight excluding hydrogens is 423 g/mol. The van der Waals surface area contributed by atoms with Gasteiger partial charge in [0.15, 0.2) is 11.5 Å². The first-order chi connectivity index (χ1) is 16.1. The highest BCUT2D eigenvalue weighted by Gasteiger charge is 2.14. The minimum Gasteiger partial charge on any atom is -0.395 e. The van der Waals surface area contributed by atoms with Crippen molar-refractivity contribution in [3.63, 3.8) is 0 Å². The molecule has 0 radical (unpaired) electrons. The van der Waals surface area contributed by atoms with Crippen molar-refractivity contribution in [3.05, 3.63) is 89.6 Å². The molecule has 3 aromatic heterocycles. The molecule has 9 heteroatoms. The molecule has 0 saturated heterocycles. The smallest absolute Gasteiger partial charge is 0.254 e. The van der Waals surface area contributed by atoms with E-state index in [1.165, 1.54) is 12.1 Å². The summed E-state index contributed by atoms with van der Waals surface area (Å²) in [5, 5.41) is 25.4. The van der Waals surface area contributed by atoms with Gasteiger partial charge in [-0.05, 0) is 48.0 Å². The average Bonchev–Trinajstić information content (AvgIpc) is 3.24. The topological polar surface area (TPSA) is 105 Å². The highest BCUT2D eigenvalue weighted by molar-refractivity contribution is 5.95. The number of fused-ring (bicyclic) bond motifs is 2. The van der Waals surface area contributed by atoms with Crippen LogP contribution in [0, 0.1) is 5.82 Å². The van der Waals surface area contributed by atoms with Crippen LogP contribution in [0.25, 0.3) is 27.8 Å². The van der Waals surface area contributed by atoms with Crippen LogP contribution in [0.15, 0.2) is 66.9 Å². The number of aliphatic hydroxyl groups is 1. The molecule has 0 spiro atoms. The molecule has 2 N–H and O–H groups in total. The van der Waals surface area contributed by atoms with E-state index in [0.29, 0.717) is 29.1 Å². The van der Waals surface area contributed by atoms with Crippen LogP contribution in [0.5, 0.6) is 0 Å². The number of amides is 1. The van der Waals surface area contributed by atoms with Gasteiger partial charge < -0.3 is 10.4 Å². The molecule has 5 rings (SSSR count). The number of hydrogen-bond acceptors (Lipinski definition) is 6. The van der Waals surface area contributed by atoms with E-state index in [0.717, 1.165) is 16.5 Å². The number of aliphatic hydroxyl groups excluding tert-OH is 1. The maximum absolute atomic E-state index is 14.6. The Morgan fingerprint density at radius 2 is 1.97 bits per heavy atom. The van der Waals surface area contributed by atoms with Crippen molar-refractivity contribution in [2.45, 2.75) is 6.42 Å². The number of halogens is 1. The zero-order valence-electron chi connectivity index (χ0n) is 17.4. The van der Waals surface area contributed by atoms with E-state index in [1.54, 1.807) is 28.9 Å². The Morgan fingerprint density at radius 3 is 2.82 bits per heavy atom. The summed E-state index contributed by atoms with van der Waals surface area (Å²) >= 11 is 0. The van der Waals surface area contributed by atoms with Crippen LogP contribution in [0.4, 0.5) is 4.39 Å². The lowest BCUT2D eigenvalue weighted by Crippen LogP contribution is -2.27. The third-order valence-corrected chi connectivity index (χ3v) is 5.26. The van der Waals surface area contributed by atoms with Gasteiger partial charge in [-0.25, -0.2) is 4.39 Å². The van der Waals surface area contributed by atoms with E-state index >= 15 is 0 Å². The fourth-order valence-electron chi connectivity index (χ4n) is 3.64. The molecule has 3 heterocycles. The van der Waals surface area contributed by atoms with Crippen LogP contribution >= 0.6 is 0 Å². The standard InChI is InChI=1S/C24H19FN6O2/c25-19-14-17(4-5-18(19)24(33)27-10-11-32)21-7-8-22-28-29-23(31(22)30-21)13-15-3-6-20-16(12-15)2-1-9-26-20/h1-9,12,14,32H,10-11,13H2,(H,27,33). The Bertz CT molecular complexity index is 1480. The van der Waals surface area contributed by atoms with Crippen LogP contribution in [-0.4, -0.2) is 49.0 Å². The Labute approximate surface area is 187 Å². The predicted octanol–water partition coefficient (Wildman–Crippen LogP) is 2.79. The van der Waals surface area contributed by atoms with Crippen LogP contribution in [-0.2, 0) is 6.42 Å². The molecule has 0 aliphatic rings. The van der Waals surface area contributed by atoms with Gasteiger partial charge >= 0.3 is 0 Å². The molecule has 0 unspecified atom stereocenters.